The Morgan fingerprint density at radius 2 is 1.85 bits per heavy atom. The predicted molar refractivity (Wildman–Crippen MR) is 79.6 cm³/mol. The fraction of sp³-hybridized carbons (Fsp3) is 0.667. The van der Waals surface area contributed by atoms with Gasteiger partial charge in [0.25, 0.3) is 5.91 Å². The van der Waals surface area contributed by atoms with Gasteiger partial charge in [0.2, 0.25) is 0 Å². The molecule has 5 heteroatoms. The van der Waals surface area contributed by atoms with Gasteiger partial charge in [-0.05, 0) is 23.7 Å². The molecule has 110 valence electrons. The molecule has 0 radical (unpaired) electrons. The van der Waals surface area contributed by atoms with Crippen molar-refractivity contribution in [1.29, 1.82) is 0 Å². The Kier molecular flexibility index (Phi) is 3.71. The van der Waals surface area contributed by atoms with E-state index in [0.29, 0.717) is 24.0 Å². The lowest BCUT2D eigenvalue weighted by molar-refractivity contribution is 0.0944. The number of hydrogen-bond donors (Lipinski definition) is 2. The predicted octanol–water partition coefficient (Wildman–Crippen LogP) is 2.32. The minimum absolute atomic E-state index is 0.154. The second-order valence-corrected chi connectivity index (χ2v) is 6.52. The van der Waals surface area contributed by atoms with E-state index >= 15 is 0 Å². The third kappa shape index (κ3) is 2.49. The Morgan fingerprint density at radius 1 is 1.20 bits per heavy atom. The van der Waals surface area contributed by atoms with E-state index in [2.05, 4.69) is 48.3 Å². The molecule has 0 aliphatic heterocycles. The molecule has 0 spiro atoms. The van der Waals surface area contributed by atoms with Gasteiger partial charge < -0.3 is 10.6 Å². The van der Waals surface area contributed by atoms with E-state index in [-0.39, 0.29) is 16.7 Å². The van der Waals surface area contributed by atoms with E-state index in [1.807, 2.05) is 6.92 Å². The van der Waals surface area contributed by atoms with Gasteiger partial charge in [0.05, 0.1) is 12.4 Å². The Hall–Kier alpha value is -1.65. The van der Waals surface area contributed by atoms with Gasteiger partial charge in [-0.1, -0.05) is 27.7 Å². The Bertz CT molecular complexity index is 479. The fourth-order valence-corrected chi connectivity index (χ4v) is 2.85. The standard InChI is InChI=1S/C15H24N4O/c1-6-16-12-9-17-10(7-18-12)13(20)19-8-11-14(2,3)15(11,4)5/h7,9,11H,6,8H2,1-5H3,(H,16,18)(H,19,20). The molecule has 1 aromatic rings. The molecule has 1 aliphatic carbocycles. The number of carbonyl (C=O) groups excluding carboxylic acids is 1. The molecule has 1 heterocycles. The van der Waals surface area contributed by atoms with Gasteiger partial charge in [-0.15, -0.1) is 0 Å². The first kappa shape index (κ1) is 14.8. The van der Waals surface area contributed by atoms with Crippen LogP contribution in [0, 0.1) is 16.7 Å². The maximum Gasteiger partial charge on any atom is 0.271 e. The molecule has 20 heavy (non-hydrogen) atoms. The zero-order valence-electron chi connectivity index (χ0n) is 12.9. The van der Waals surface area contributed by atoms with E-state index in [1.165, 1.54) is 6.20 Å². The monoisotopic (exact) mass is 276 g/mol. The number of carbonyl (C=O) groups is 1. The van der Waals surface area contributed by atoms with Crippen LogP contribution < -0.4 is 10.6 Å². The van der Waals surface area contributed by atoms with Crippen molar-refractivity contribution in [3.63, 3.8) is 0 Å². The van der Waals surface area contributed by atoms with Gasteiger partial charge in [0.1, 0.15) is 11.5 Å². The van der Waals surface area contributed by atoms with Crippen LogP contribution in [0.2, 0.25) is 0 Å². The van der Waals surface area contributed by atoms with Crippen LogP contribution in [0.5, 0.6) is 0 Å². The van der Waals surface area contributed by atoms with Crippen LogP contribution in [0.1, 0.15) is 45.1 Å². The average molecular weight is 276 g/mol. The fourth-order valence-electron chi connectivity index (χ4n) is 2.85. The van der Waals surface area contributed by atoms with Crippen LogP contribution in [-0.2, 0) is 0 Å². The number of hydrogen-bond acceptors (Lipinski definition) is 4. The summed E-state index contributed by atoms with van der Waals surface area (Å²) in [5.74, 6) is 1.04. The Morgan fingerprint density at radius 3 is 2.30 bits per heavy atom. The van der Waals surface area contributed by atoms with E-state index in [0.717, 1.165) is 6.54 Å². The number of aromatic nitrogens is 2. The van der Waals surface area contributed by atoms with E-state index in [1.54, 1.807) is 6.20 Å². The summed E-state index contributed by atoms with van der Waals surface area (Å²) >= 11 is 0. The first-order chi connectivity index (χ1) is 9.30. The maximum atomic E-state index is 12.0. The Balaban J connectivity index is 1.90. The SMILES string of the molecule is CCNc1cnc(C(=O)NCC2C(C)(C)C2(C)C)cn1. The van der Waals surface area contributed by atoms with Gasteiger partial charge in [0.15, 0.2) is 0 Å². The largest absolute Gasteiger partial charge is 0.369 e. The van der Waals surface area contributed by atoms with Crippen molar-refractivity contribution < 1.29 is 4.79 Å². The molecule has 0 bridgehead atoms. The van der Waals surface area contributed by atoms with Gasteiger partial charge in [0, 0.05) is 13.1 Å². The molecule has 0 unspecified atom stereocenters. The quantitative estimate of drug-likeness (QED) is 0.866. The van der Waals surface area contributed by atoms with Crippen LogP contribution in [0.4, 0.5) is 5.82 Å². The van der Waals surface area contributed by atoms with Crippen LogP contribution >= 0.6 is 0 Å². The highest BCUT2D eigenvalue weighted by molar-refractivity contribution is 5.92. The van der Waals surface area contributed by atoms with Crippen molar-refractivity contribution >= 4 is 11.7 Å². The molecule has 2 rings (SSSR count). The van der Waals surface area contributed by atoms with Crippen molar-refractivity contribution in [2.24, 2.45) is 16.7 Å². The van der Waals surface area contributed by atoms with Crippen LogP contribution in [0.25, 0.3) is 0 Å². The van der Waals surface area contributed by atoms with Crippen molar-refractivity contribution in [2.75, 3.05) is 18.4 Å². The lowest BCUT2D eigenvalue weighted by Crippen LogP contribution is -2.28. The summed E-state index contributed by atoms with van der Waals surface area (Å²) in [7, 11) is 0. The van der Waals surface area contributed by atoms with Gasteiger partial charge in [-0.25, -0.2) is 9.97 Å². The molecule has 1 aromatic heterocycles. The third-order valence-corrected chi connectivity index (χ3v) is 5.03. The minimum atomic E-state index is -0.154. The van der Waals surface area contributed by atoms with Crippen LogP contribution in [-0.4, -0.2) is 29.0 Å². The molecule has 0 atom stereocenters. The molecule has 1 fully saturated rings. The number of amides is 1. The molecule has 2 N–H and O–H groups in total. The molecule has 0 aromatic carbocycles. The van der Waals surface area contributed by atoms with Crippen molar-refractivity contribution in [2.45, 2.75) is 34.6 Å². The zero-order chi connectivity index (χ0) is 15.0. The van der Waals surface area contributed by atoms with Crippen molar-refractivity contribution in [3.8, 4) is 0 Å². The number of rotatable bonds is 5. The van der Waals surface area contributed by atoms with E-state index in [9.17, 15) is 4.79 Å². The number of nitrogens with zero attached hydrogens (tertiary/aromatic N) is 2. The normalized spacial score (nSPS) is 19.4. The van der Waals surface area contributed by atoms with Crippen LogP contribution in [0.3, 0.4) is 0 Å². The second kappa shape index (κ2) is 5.04. The molecule has 0 saturated heterocycles. The smallest absolute Gasteiger partial charge is 0.271 e. The minimum Gasteiger partial charge on any atom is -0.369 e. The lowest BCUT2D eigenvalue weighted by Gasteiger charge is -2.06. The summed E-state index contributed by atoms with van der Waals surface area (Å²) in [6.45, 7) is 12.4. The highest BCUT2D eigenvalue weighted by Gasteiger charge is 2.64. The summed E-state index contributed by atoms with van der Waals surface area (Å²) in [6.07, 6.45) is 3.10. The van der Waals surface area contributed by atoms with E-state index < -0.39 is 0 Å². The highest BCUT2D eigenvalue weighted by Crippen LogP contribution is 2.67. The summed E-state index contributed by atoms with van der Waals surface area (Å²) < 4.78 is 0. The van der Waals surface area contributed by atoms with Crippen molar-refractivity contribution in [1.82, 2.24) is 15.3 Å². The topological polar surface area (TPSA) is 66.9 Å². The summed E-state index contributed by atoms with van der Waals surface area (Å²) in [5, 5.41) is 6.01. The van der Waals surface area contributed by atoms with Gasteiger partial charge in [-0.3, -0.25) is 4.79 Å². The Labute approximate surface area is 120 Å². The third-order valence-electron chi connectivity index (χ3n) is 5.03. The maximum absolute atomic E-state index is 12.0. The average Bonchev–Trinajstić information content (AvgIpc) is 2.78. The zero-order valence-corrected chi connectivity index (χ0v) is 12.9. The number of anilines is 1. The second-order valence-electron chi connectivity index (χ2n) is 6.52. The van der Waals surface area contributed by atoms with Gasteiger partial charge >= 0.3 is 0 Å². The summed E-state index contributed by atoms with van der Waals surface area (Å²) in [5.41, 5.74) is 0.921. The van der Waals surface area contributed by atoms with Gasteiger partial charge in [-0.2, -0.15) is 0 Å². The molecular weight excluding hydrogens is 252 g/mol. The number of nitrogens with one attached hydrogen (secondary N) is 2. The molecular formula is C15H24N4O. The summed E-state index contributed by atoms with van der Waals surface area (Å²) in [6, 6.07) is 0. The van der Waals surface area contributed by atoms with Crippen molar-refractivity contribution in [3.05, 3.63) is 18.1 Å². The molecule has 1 aliphatic rings. The first-order valence-corrected chi connectivity index (χ1v) is 7.14. The molecule has 1 amide bonds. The summed E-state index contributed by atoms with van der Waals surface area (Å²) in [4.78, 5) is 20.3. The van der Waals surface area contributed by atoms with E-state index in [4.69, 9.17) is 0 Å². The first-order valence-electron chi connectivity index (χ1n) is 7.14. The molecule has 5 nitrogen and oxygen atoms in total. The lowest BCUT2D eigenvalue weighted by atomic mass is 10.0. The highest BCUT2D eigenvalue weighted by atomic mass is 16.1. The molecule has 1 saturated carbocycles. The van der Waals surface area contributed by atoms with Crippen LogP contribution in [0.15, 0.2) is 12.4 Å².